The quantitative estimate of drug-likeness (QED) is 0.569. The van der Waals surface area contributed by atoms with Gasteiger partial charge >= 0.3 is 0 Å². The fourth-order valence-electron chi connectivity index (χ4n) is 1.74. The second-order valence-corrected chi connectivity index (χ2v) is 6.52. The number of rotatable bonds is 3. The van der Waals surface area contributed by atoms with Crippen molar-refractivity contribution in [3.63, 3.8) is 0 Å². The van der Waals surface area contributed by atoms with Crippen LogP contribution in [0, 0.1) is 6.92 Å². The number of thiazole rings is 1. The molecule has 0 aliphatic heterocycles. The number of para-hydroxylation sites is 1. The van der Waals surface area contributed by atoms with E-state index in [1.807, 2.05) is 25.1 Å². The second kappa shape index (κ2) is 5.11. The number of aromatic nitrogens is 1. The highest BCUT2D eigenvalue weighted by atomic mass is 32.1. The summed E-state index contributed by atoms with van der Waals surface area (Å²) in [6.45, 7) is 4.11. The number of aryl methyl sites for hydroxylation is 1. The van der Waals surface area contributed by atoms with Gasteiger partial charge in [0.15, 0.2) is 0 Å². The Kier molecular flexibility index (Phi) is 3.31. The van der Waals surface area contributed by atoms with Gasteiger partial charge in [0, 0.05) is 4.88 Å². The first-order valence-corrected chi connectivity index (χ1v) is 7.58. The van der Waals surface area contributed by atoms with E-state index in [1.54, 1.807) is 22.7 Å². The molecular formula is C14H13N3S2. The van der Waals surface area contributed by atoms with Crippen LogP contribution in [0.5, 0.6) is 0 Å². The highest BCUT2D eigenvalue weighted by molar-refractivity contribution is 7.22. The van der Waals surface area contributed by atoms with Crippen LogP contribution >= 0.6 is 22.7 Å². The average molecular weight is 287 g/mol. The molecule has 0 spiro atoms. The number of anilines is 1. The van der Waals surface area contributed by atoms with Crippen molar-refractivity contribution in [2.24, 2.45) is 5.10 Å². The van der Waals surface area contributed by atoms with Crippen molar-refractivity contribution < 1.29 is 0 Å². The third kappa shape index (κ3) is 2.67. The number of hydrogen-bond acceptors (Lipinski definition) is 5. The molecule has 96 valence electrons. The molecule has 0 amide bonds. The monoisotopic (exact) mass is 287 g/mol. The third-order valence-corrected chi connectivity index (χ3v) is 4.76. The number of nitrogens with one attached hydrogen (secondary N) is 1. The molecule has 0 saturated carbocycles. The van der Waals surface area contributed by atoms with Crippen molar-refractivity contribution in [2.45, 2.75) is 13.8 Å². The van der Waals surface area contributed by atoms with Crippen LogP contribution in [0.3, 0.4) is 0 Å². The van der Waals surface area contributed by atoms with Gasteiger partial charge in [-0.05, 0) is 38.1 Å². The fraction of sp³-hybridized carbons (Fsp3) is 0.143. The first-order chi connectivity index (χ1) is 9.22. The minimum Gasteiger partial charge on any atom is -0.252 e. The molecule has 0 atom stereocenters. The maximum absolute atomic E-state index is 4.49. The molecule has 0 aliphatic rings. The van der Waals surface area contributed by atoms with Gasteiger partial charge in [-0.3, -0.25) is 5.43 Å². The van der Waals surface area contributed by atoms with Crippen molar-refractivity contribution in [3.8, 4) is 0 Å². The van der Waals surface area contributed by atoms with Crippen molar-refractivity contribution >= 4 is 43.7 Å². The third-order valence-electron chi connectivity index (χ3n) is 2.71. The highest BCUT2D eigenvalue weighted by Gasteiger charge is 2.03. The van der Waals surface area contributed by atoms with E-state index in [4.69, 9.17) is 0 Å². The Hall–Kier alpha value is -1.72. The van der Waals surface area contributed by atoms with E-state index in [9.17, 15) is 0 Å². The van der Waals surface area contributed by atoms with Gasteiger partial charge in [0.25, 0.3) is 0 Å². The predicted octanol–water partition coefficient (Wildman–Crippen LogP) is 4.50. The maximum Gasteiger partial charge on any atom is 0.204 e. The first-order valence-electron chi connectivity index (χ1n) is 5.95. The molecule has 19 heavy (non-hydrogen) atoms. The van der Waals surface area contributed by atoms with Crippen molar-refractivity contribution in [1.82, 2.24) is 4.98 Å². The standard InChI is InChI=1S/C14H13N3S2/c1-9-7-8-12(18-9)10(2)16-17-14-15-11-5-3-4-6-13(11)19-14/h3-8H,1-2H3,(H,15,17)/b16-10-. The lowest BCUT2D eigenvalue weighted by atomic mass is 10.3. The smallest absolute Gasteiger partial charge is 0.204 e. The molecule has 0 bridgehead atoms. The fourth-order valence-corrected chi connectivity index (χ4v) is 3.36. The Morgan fingerprint density at radius 1 is 1.16 bits per heavy atom. The zero-order valence-electron chi connectivity index (χ0n) is 10.7. The van der Waals surface area contributed by atoms with E-state index in [1.165, 1.54) is 14.5 Å². The molecule has 0 radical (unpaired) electrons. The van der Waals surface area contributed by atoms with E-state index in [2.05, 4.69) is 40.6 Å². The molecule has 3 rings (SSSR count). The Morgan fingerprint density at radius 2 is 2.00 bits per heavy atom. The number of benzene rings is 1. The van der Waals surface area contributed by atoms with Crippen molar-refractivity contribution in [1.29, 1.82) is 0 Å². The molecule has 3 aromatic rings. The normalized spacial score (nSPS) is 12.0. The average Bonchev–Trinajstić information content (AvgIpc) is 3.01. The van der Waals surface area contributed by atoms with E-state index in [0.29, 0.717) is 0 Å². The molecule has 5 heteroatoms. The van der Waals surface area contributed by atoms with Crippen LogP contribution in [0.2, 0.25) is 0 Å². The lowest BCUT2D eigenvalue weighted by Gasteiger charge is -1.97. The summed E-state index contributed by atoms with van der Waals surface area (Å²) in [6.07, 6.45) is 0. The summed E-state index contributed by atoms with van der Waals surface area (Å²) in [7, 11) is 0. The summed E-state index contributed by atoms with van der Waals surface area (Å²) in [5, 5.41) is 5.23. The van der Waals surface area contributed by atoms with Crippen LogP contribution in [0.15, 0.2) is 41.5 Å². The van der Waals surface area contributed by atoms with E-state index in [-0.39, 0.29) is 0 Å². The second-order valence-electron chi connectivity index (χ2n) is 4.21. The topological polar surface area (TPSA) is 37.3 Å². The van der Waals surface area contributed by atoms with Crippen molar-refractivity contribution in [2.75, 3.05) is 5.43 Å². The van der Waals surface area contributed by atoms with Gasteiger partial charge in [0.2, 0.25) is 5.13 Å². The number of fused-ring (bicyclic) bond motifs is 1. The molecule has 3 nitrogen and oxygen atoms in total. The number of nitrogens with zero attached hydrogens (tertiary/aromatic N) is 2. The number of hydrogen-bond donors (Lipinski definition) is 1. The summed E-state index contributed by atoms with van der Waals surface area (Å²) < 4.78 is 1.17. The molecular weight excluding hydrogens is 274 g/mol. The SMILES string of the molecule is C/C(=N/Nc1nc2ccccc2s1)c1ccc(C)s1. The van der Waals surface area contributed by atoms with Gasteiger partial charge in [0.05, 0.1) is 20.8 Å². The lowest BCUT2D eigenvalue weighted by Crippen LogP contribution is -1.96. The highest BCUT2D eigenvalue weighted by Crippen LogP contribution is 2.25. The largest absolute Gasteiger partial charge is 0.252 e. The van der Waals surface area contributed by atoms with Crippen LogP contribution in [0.25, 0.3) is 10.2 Å². The van der Waals surface area contributed by atoms with Crippen LogP contribution in [0.1, 0.15) is 16.7 Å². The Bertz CT molecular complexity index is 707. The van der Waals surface area contributed by atoms with Gasteiger partial charge in [0.1, 0.15) is 0 Å². The molecule has 0 aliphatic carbocycles. The molecule has 0 fully saturated rings. The van der Waals surface area contributed by atoms with Crippen LogP contribution in [-0.2, 0) is 0 Å². The van der Waals surface area contributed by atoms with E-state index < -0.39 is 0 Å². The van der Waals surface area contributed by atoms with Gasteiger partial charge in [-0.2, -0.15) is 5.10 Å². The van der Waals surface area contributed by atoms with Gasteiger partial charge in [-0.25, -0.2) is 4.98 Å². The van der Waals surface area contributed by atoms with Crippen LogP contribution in [-0.4, -0.2) is 10.7 Å². The summed E-state index contributed by atoms with van der Waals surface area (Å²) >= 11 is 3.36. The Labute approximate surface area is 119 Å². The molecule has 1 aromatic carbocycles. The zero-order chi connectivity index (χ0) is 13.2. The summed E-state index contributed by atoms with van der Waals surface area (Å²) in [5.41, 5.74) is 5.04. The molecule has 0 saturated heterocycles. The first kappa shape index (κ1) is 12.3. The summed E-state index contributed by atoms with van der Waals surface area (Å²) in [4.78, 5) is 6.97. The van der Waals surface area contributed by atoms with Crippen molar-refractivity contribution in [3.05, 3.63) is 46.2 Å². The minimum atomic E-state index is 0.828. The van der Waals surface area contributed by atoms with Crippen LogP contribution in [0.4, 0.5) is 5.13 Å². The lowest BCUT2D eigenvalue weighted by molar-refractivity contribution is 1.29. The Balaban J connectivity index is 1.81. The zero-order valence-corrected chi connectivity index (χ0v) is 12.3. The minimum absolute atomic E-state index is 0.828. The predicted molar refractivity (Wildman–Crippen MR) is 84.5 cm³/mol. The number of thiophene rings is 1. The van der Waals surface area contributed by atoms with Crippen LogP contribution < -0.4 is 5.43 Å². The van der Waals surface area contributed by atoms with E-state index >= 15 is 0 Å². The van der Waals surface area contributed by atoms with Gasteiger partial charge in [-0.15, -0.1) is 11.3 Å². The van der Waals surface area contributed by atoms with Gasteiger partial charge in [-0.1, -0.05) is 23.5 Å². The molecule has 0 unspecified atom stereocenters. The molecule has 2 aromatic heterocycles. The molecule has 1 N–H and O–H groups in total. The Morgan fingerprint density at radius 3 is 2.74 bits per heavy atom. The summed E-state index contributed by atoms with van der Waals surface area (Å²) in [5.74, 6) is 0. The molecule has 2 heterocycles. The number of hydrazone groups is 1. The summed E-state index contributed by atoms with van der Waals surface area (Å²) in [6, 6.07) is 12.3. The van der Waals surface area contributed by atoms with E-state index in [0.717, 1.165) is 16.4 Å². The maximum atomic E-state index is 4.49. The van der Waals surface area contributed by atoms with Gasteiger partial charge < -0.3 is 0 Å².